The van der Waals surface area contributed by atoms with Crippen molar-refractivity contribution in [3.63, 3.8) is 0 Å². The molecule has 0 spiro atoms. The molecule has 0 nitrogen and oxygen atoms in total. The van der Waals surface area contributed by atoms with Crippen molar-refractivity contribution in [1.82, 2.24) is 0 Å². The third kappa shape index (κ3) is 3.18. The lowest BCUT2D eigenvalue weighted by Gasteiger charge is -2.07. The fraction of sp³-hybridized carbons (Fsp3) is 0.538. The summed E-state index contributed by atoms with van der Waals surface area (Å²) < 4.78 is 26.1. The quantitative estimate of drug-likeness (QED) is 0.678. The molecule has 1 atom stereocenters. The highest BCUT2D eigenvalue weighted by Gasteiger charge is 2.28. The van der Waals surface area contributed by atoms with E-state index in [4.69, 9.17) is 11.6 Å². The summed E-state index contributed by atoms with van der Waals surface area (Å²) in [6, 6.07) is 3.60. The first-order chi connectivity index (χ1) is 7.66. The van der Waals surface area contributed by atoms with Gasteiger partial charge in [0.1, 0.15) is 11.6 Å². The molecule has 0 aliphatic heterocycles. The second-order valence-electron chi connectivity index (χ2n) is 4.48. The Hall–Kier alpha value is -0.630. The molecule has 0 heterocycles. The van der Waals surface area contributed by atoms with Crippen LogP contribution in [-0.2, 0) is 6.42 Å². The molecule has 1 aliphatic carbocycles. The standard InChI is InChI=1S/C13H15ClF2/c14-12(9-4-5-9)3-1-2-10-8-11(15)6-7-13(10)16/h6-9,12H,1-5H2. The maximum Gasteiger partial charge on any atom is 0.126 e. The molecule has 16 heavy (non-hydrogen) atoms. The van der Waals surface area contributed by atoms with Gasteiger partial charge in [0, 0.05) is 5.38 Å². The monoisotopic (exact) mass is 244 g/mol. The van der Waals surface area contributed by atoms with Gasteiger partial charge in [0.2, 0.25) is 0 Å². The van der Waals surface area contributed by atoms with Crippen LogP contribution in [0.25, 0.3) is 0 Å². The summed E-state index contributed by atoms with van der Waals surface area (Å²) >= 11 is 6.15. The van der Waals surface area contributed by atoms with Gasteiger partial charge in [-0.05, 0) is 61.8 Å². The zero-order chi connectivity index (χ0) is 11.5. The van der Waals surface area contributed by atoms with Gasteiger partial charge in [-0.15, -0.1) is 11.6 Å². The van der Waals surface area contributed by atoms with Crippen LogP contribution >= 0.6 is 11.6 Å². The second kappa shape index (κ2) is 5.13. The molecule has 0 saturated heterocycles. The maximum absolute atomic E-state index is 13.3. The van der Waals surface area contributed by atoms with Crippen LogP contribution in [0.15, 0.2) is 18.2 Å². The molecule has 1 unspecified atom stereocenters. The predicted octanol–water partition coefficient (Wildman–Crippen LogP) is 4.30. The van der Waals surface area contributed by atoms with Crippen molar-refractivity contribution in [2.24, 2.45) is 5.92 Å². The Balaban J connectivity index is 1.81. The van der Waals surface area contributed by atoms with Gasteiger partial charge in [0.25, 0.3) is 0 Å². The zero-order valence-electron chi connectivity index (χ0n) is 9.06. The van der Waals surface area contributed by atoms with Crippen molar-refractivity contribution in [1.29, 1.82) is 0 Å². The van der Waals surface area contributed by atoms with E-state index >= 15 is 0 Å². The zero-order valence-corrected chi connectivity index (χ0v) is 9.81. The van der Waals surface area contributed by atoms with Crippen LogP contribution in [0.5, 0.6) is 0 Å². The molecule has 0 bridgehead atoms. The molecule has 88 valence electrons. The molecule has 1 aliphatic rings. The molecular weight excluding hydrogens is 230 g/mol. The van der Waals surface area contributed by atoms with E-state index in [1.54, 1.807) is 0 Å². The first-order valence-electron chi connectivity index (χ1n) is 5.75. The number of benzene rings is 1. The third-order valence-corrected chi connectivity index (χ3v) is 3.64. The highest BCUT2D eigenvalue weighted by Crippen LogP contribution is 2.37. The van der Waals surface area contributed by atoms with E-state index in [1.807, 2.05) is 0 Å². The first-order valence-corrected chi connectivity index (χ1v) is 6.18. The van der Waals surface area contributed by atoms with E-state index < -0.39 is 0 Å². The summed E-state index contributed by atoms with van der Waals surface area (Å²) in [6.07, 6.45) is 4.73. The molecule has 0 aromatic heterocycles. The van der Waals surface area contributed by atoms with E-state index in [0.717, 1.165) is 18.9 Å². The maximum atomic E-state index is 13.3. The van der Waals surface area contributed by atoms with Gasteiger partial charge in [-0.3, -0.25) is 0 Å². The van der Waals surface area contributed by atoms with Crippen molar-refractivity contribution in [2.45, 2.75) is 37.5 Å². The lowest BCUT2D eigenvalue weighted by Crippen LogP contribution is -2.02. The average molecular weight is 245 g/mol. The van der Waals surface area contributed by atoms with Crippen molar-refractivity contribution in [3.8, 4) is 0 Å². The lowest BCUT2D eigenvalue weighted by atomic mass is 10.0. The molecule has 1 aromatic rings. The molecule has 1 aromatic carbocycles. The minimum absolute atomic E-state index is 0.219. The average Bonchev–Trinajstić information content (AvgIpc) is 3.06. The number of alkyl halides is 1. The van der Waals surface area contributed by atoms with E-state index in [9.17, 15) is 8.78 Å². The highest BCUT2D eigenvalue weighted by atomic mass is 35.5. The fourth-order valence-corrected chi connectivity index (χ4v) is 2.32. The normalized spacial score (nSPS) is 17.4. The largest absolute Gasteiger partial charge is 0.207 e. The van der Waals surface area contributed by atoms with Gasteiger partial charge < -0.3 is 0 Å². The molecule has 2 rings (SSSR count). The van der Waals surface area contributed by atoms with Gasteiger partial charge in [-0.2, -0.15) is 0 Å². The summed E-state index contributed by atoms with van der Waals surface area (Å²) in [4.78, 5) is 0. The Bertz CT molecular complexity index is 361. The first kappa shape index (κ1) is 11.8. The smallest absolute Gasteiger partial charge is 0.126 e. The summed E-state index contributed by atoms with van der Waals surface area (Å²) in [6.45, 7) is 0. The van der Waals surface area contributed by atoms with Gasteiger partial charge in [-0.25, -0.2) is 8.78 Å². The van der Waals surface area contributed by atoms with E-state index in [-0.39, 0.29) is 17.0 Å². The number of aryl methyl sites for hydroxylation is 1. The van der Waals surface area contributed by atoms with E-state index in [2.05, 4.69) is 0 Å². The minimum atomic E-state index is -0.374. The summed E-state index contributed by atoms with van der Waals surface area (Å²) in [7, 11) is 0. The second-order valence-corrected chi connectivity index (χ2v) is 5.04. The van der Waals surface area contributed by atoms with Crippen LogP contribution in [0.1, 0.15) is 31.2 Å². The third-order valence-electron chi connectivity index (χ3n) is 3.07. The molecule has 1 fully saturated rings. The number of hydrogen-bond donors (Lipinski definition) is 0. The Labute approximate surface area is 99.6 Å². The van der Waals surface area contributed by atoms with Gasteiger partial charge in [0.05, 0.1) is 0 Å². The number of rotatable bonds is 5. The van der Waals surface area contributed by atoms with Crippen LogP contribution < -0.4 is 0 Å². The molecule has 1 saturated carbocycles. The topological polar surface area (TPSA) is 0 Å². The van der Waals surface area contributed by atoms with Gasteiger partial charge >= 0.3 is 0 Å². The minimum Gasteiger partial charge on any atom is -0.207 e. The molecule has 0 radical (unpaired) electrons. The highest BCUT2D eigenvalue weighted by molar-refractivity contribution is 6.20. The summed E-state index contributed by atoms with van der Waals surface area (Å²) in [5.41, 5.74) is 0.458. The summed E-state index contributed by atoms with van der Waals surface area (Å²) in [5, 5.41) is 0.219. The van der Waals surface area contributed by atoms with Crippen LogP contribution in [0.3, 0.4) is 0 Å². The van der Waals surface area contributed by atoms with Crippen molar-refractivity contribution in [3.05, 3.63) is 35.4 Å². The Morgan fingerprint density at radius 1 is 1.31 bits per heavy atom. The van der Waals surface area contributed by atoms with Gasteiger partial charge in [-0.1, -0.05) is 0 Å². The van der Waals surface area contributed by atoms with Crippen LogP contribution in [0, 0.1) is 17.6 Å². The van der Waals surface area contributed by atoms with Crippen LogP contribution in [-0.4, -0.2) is 5.38 Å². The number of hydrogen-bond acceptors (Lipinski definition) is 0. The van der Waals surface area contributed by atoms with E-state index in [0.29, 0.717) is 17.9 Å². The van der Waals surface area contributed by atoms with Crippen molar-refractivity contribution < 1.29 is 8.78 Å². The van der Waals surface area contributed by atoms with Crippen LogP contribution in [0.2, 0.25) is 0 Å². The molecule has 0 amide bonds. The Morgan fingerprint density at radius 3 is 2.75 bits per heavy atom. The predicted molar refractivity (Wildman–Crippen MR) is 61.7 cm³/mol. The SMILES string of the molecule is Fc1ccc(F)c(CCCC(Cl)C2CC2)c1. The fourth-order valence-electron chi connectivity index (χ4n) is 1.92. The van der Waals surface area contributed by atoms with Gasteiger partial charge in [0.15, 0.2) is 0 Å². The summed E-state index contributed by atoms with van der Waals surface area (Å²) in [5.74, 6) is -0.0287. The van der Waals surface area contributed by atoms with Crippen LogP contribution in [0.4, 0.5) is 8.78 Å². The van der Waals surface area contributed by atoms with E-state index in [1.165, 1.54) is 25.0 Å². The molecular formula is C13H15ClF2. The Morgan fingerprint density at radius 2 is 2.06 bits per heavy atom. The lowest BCUT2D eigenvalue weighted by molar-refractivity contribution is 0.571. The Kier molecular flexibility index (Phi) is 3.80. The number of halogens is 3. The van der Waals surface area contributed by atoms with Crippen molar-refractivity contribution >= 4 is 11.6 Å². The molecule has 3 heteroatoms. The molecule has 0 N–H and O–H groups in total. The van der Waals surface area contributed by atoms with Crippen molar-refractivity contribution in [2.75, 3.05) is 0 Å².